The summed E-state index contributed by atoms with van der Waals surface area (Å²) in [6, 6.07) is 11.3. The third kappa shape index (κ3) is 5.13. The highest BCUT2D eigenvalue weighted by Crippen LogP contribution is 2.20. The summed E-state index contributed by atoms with van der Waals surface area (Å²) in [4.78, 5) is 20.5. The van der Waals surface area contributed by atoms with Gasteiger partial charge in [-0.3, -0.25) is 4.79 Å². The Balaban J connectivity index is 1.59. The van der Waals surface area contributed by atoms with Gasteiger partial charge in [0.25, 0.3) is 0 Å². The molecule has 142 valence electrons. The first-order valence-corrected chi connectivity index (χ1v) is 9.69. The number of likely N-dealkylation sites (N-methyl/N-ethyl adjacent to an activating group) is 1. The van der Waals surface area contributed by atoms with Crippen molar-refractivity contribution in [2.75, 3.05) is 38.6 Å². The number of nitrogens with one attached hydrogen (secondary N) is 2. The fraction of sp³-hybridized carbons (Fsp3) is 0.600. The van der Waals surface area contributed by atoms with Gasteiger partial charge in [0.1, 0.15) is 6.54 Å². The van der Waals surface area contributed by atoms with E-state index in [0.717, 1.165) is 25.5 Å². The molecule has 0 radical (unpaired) electrons. The van der Waals surface area contributed by atoms with Crippen molar-refractivity contribution in [3.63, 3.8) is 0 Å². The Kier molecular flexibility index (Phi) is 6.36. The van der Waals surface area contributed by atoms with Crippen LogP contribution in [0.5, 0.6) is 0 Å². The van der Waals surface area contributed by atoms with Gasteiger partial charge in [-0.15, -0.1) is 0 Å². The molecule has 1 aliphatic heterocycles. The van der Waals surface area contributed by atoms with Crippen LogP contribution in [0.2, 0.25) is 0 Å². The number of benzene rings is 1. The largest absolute Gasteiger partial charge is 0.369 e. The molecule has 1 atom stereocenters. The quantitative estimate of drug-likeness (QED) is 0.624. The number of amides is 1. The molecule has 0 bridgehead atoms. The summed E-state index contributed by atoms with van der Waals surface area (Å²) in [6.45, 7) is 2.18. The number of para-hydroxylation sites is 1. The van der Waals surface area contributed by atoms with Gasteiger partial charge < -0.3 is 20.4 Å². The minimum atomic E-state index is 0.0230. The highest BCUT2D eigenvalue weighted by molar-refractivity contribution is 5.85. The van der Waals surface area contributed by atoms with Crippen LogP contribution in [0.15, 0.2) is 35.3 Å². The van der Waals surface area contributed by atoms with E-state index in [2.05, 4.69) is 44.8 Å². The van der Waals surface area contributed by atoms with Gasteiger partial charge >= 0.3 is 0 Å². The second kappa shape index (κ2) is 8.92. The zero-order valence-corrected chi connectivity index (χ0v) is 15.9. The predicted molar refractivity (Wildman–Crippen MR) is 107 cm³/mol. The molecule has 1 aromatic rings. The van der Waals surface area contributed by atoms with E-state index in [0.29, 0.717) is 12.1 Å². The topological polar surface area (TPSA) is 60.0 Å². The van der Waals surface area contributed by atoms with E-state index in [-0.39, 0.29) is 12.5 Å². The van der Waals surface area contributed by atoms with Crippen LogP contribution in [0.4, 0.5) is 5.69 Å². The molecular formula is C20H31N5O. The first-order valence-electron chi connectivity index (χ1n) is 9.69. The molecule has 1 saturated heterocycles. The van der Waals surface area contributed by atoms with Crippen molar-refractivity contribution in [3.05, 3.63) is 30.3 Å². The Morgan fingerprint density at radius 1 is 1.12 bits per heavy atom. The lowest BCUT2D eigenvalue weighted by Crippen LogP contribution is -2.48. The first-order chi connectivity index (χ1) is 12.6. The fourth-order valence-corrected chi connectivity index (χ4v) is 3.63. The zero-order valence-electron chi connectivity index (χ0n) is 15.9. The van der Waals surface area contributed by atoms with E-state index < -0.39 is 0 Å². The third-order valence-corrected chi connectivity index (χ3v) is 5.22. The monoisotopic (exact) mass is 357 g/mol. The van der Waals surface area contributed by atoms with Crippen molar-refractivity contribution in [1.82, 2.24) is 15.5 Å². The zero-order chi connectivity index (χ0) is 18.4. The number of anilines is 1. The first kappa shape index (κ1) is 18.5. The summed E-state index contributed by atoms with van der Waals surface area (Å²) in [7, 11) is 3.54. The molecule has 1 saturated carbocycles. The van der Waals surface area contributed by atoms with Crippen LogP contribution in [0, 0.1) is 0 Å². The summed E-state index contributed by atoms with van der Waals surface area (Å²) in [5, 5.41) is 7.10. The van der Waals surface area contributed by atoms with Crippen molar-refractivity contribution in [2.24, 2.45) is 4.99 Å². The number of hydrogen-bond acceptors (Lipinski definition) is 3. The lowest BCUT2D eigenvalue weighted by Gasteiger charge is -2.22. The van der Waals surface area contributed by atoms with Gasteiger partial charge in [0.2, 0.25) is 5.91 Å². The van der Waals surface area contributed by atoms with E-state index >= 15 is 0 Å². The van der Waals surface area contributed by atoms with E-state index in [1.807, 2.05) is 6.07 Å². The normalized spacial score (nSPS) is 21.1. The summed E-state index contributed by atoms with van der Waals surface area (Å²) in [5.41, 5.74) is 1.27. The van der Waals surface area contributed by atoms with Crippen LogP contribution < -0.4 is 15.5 Å². The Bertz CT molecular complexity index is 610. The number of carbonyl (C=O) groups excluding carboxylic acids is 1. The molecular weight excluding hydrogens is 326 g/mol. The summed E-state index contributed by atoms with van der Waals surface area (Å²) >= 11 is 0. The van der Waals surface area contributed by atoms with E-state index in [1.165, 1.54) is 31.4 Å². The van der Waals surface area contributed by atoms with Gasteiger partial charge in [0, 0.05) is 45.0 Å². The molecule has 26 heavy (non-hydrogen) atoms. The van der Waals surface area contributed by atoms with Crippen LogP contribution in [-0.2, 0) is 4.79 Å². The molecule has 2 aliphatic rings. The molecule has 1 unspecified atom stereocenters. The van der Waals surface area contributed by atoms with Crippen LogP contribution in [0.1, 0.15) is 32.1 Å². The number of hydrogen-bond donors (Lipinski definition) is 2. The minimum absolute atomic E-state index is 0.0230. The van der Waals surface area contributed by atoms with Crippen LogP contribution >= 0.6 is 0 Å². The molecule has 0 spiro atoms. The molecule has 1 heterocycles. The summed E-state index contributed by atoms with van der Waals surface area (Å²) in [5.74, 6) is 0.807. The minimum Gasteiger partial charge on any atom is -0.369 e. The van der Waals surface area contributed by atoms with E-state index in [1.54, 1.807) is 19.0 Å². The molecule has 1 amide bonds. The van der Waals surface area contributed by atoms with Gasteiger partial charge in [-0.25, -0.2) is 4.99 Å². The standard InChI is InChI=1S/C20H31N5O/c1-24(2)19(26)14-21-20(22-16-8-6-7-9-16)23-17-12-13-25(15-17)18-10-4-3-5-11-18/h3-5,10-11,16-17H,6-9,12-15H2,1-2H3,(H2,21,22,23). The molecule has 1 aromatic carbocycles. The number of guanidine groups is 1. The number of aliphatic imine (C=N–C) groups is 1. The van der Waals surface area contributed by atoms with Crippen LogP contribution in [0.25, 0.3) is 0 Å². The summed E-state index contributed by atoms with van der Waals surface area (Å²) < 4.78 is 0. The average molecular weight is 358 g/mol. The number of rotatable bonds is 5. The molecule has 1 aliphatic carbocycles. The smallest absolute Gasteiger partial charge is 0.243 e. The van der Waals surface area contributed by atoms with Gasteiger partial charge in [-0.2, -0.15) is 0 Å². The molecule has 3 rings (SSSR count). The Morgan fingerprint density at radius 2 is 1.81 bits per heavy atom. The van der Waals surface area contributed by atoms with Gasteiger partial charge in [0.15, 0.2) is 5.96 Å². The van der Waals surface area contributed by atoms with Crippen molar-refractivity contribution in [3.8, 4) is 0 Å². The van der Waals surface area contributed by atoms with Crippen molar-refractivity contribution >= 4 is 17.6 Å². The second-order valence-electron chi connectivity index (χ2n) is 7.49. The van der Waals surface area contributed by atoms with Crippen molar-refractivity contribution in [1.29, 1.82) is 0 Å². The van der Waals surface area contributed by atoms with Crippen molar-refractivity contribution < 1.29 is 4.79 Å². The maximum Gasteiger partial charge on any atom is 0.243 e. The molecule has 2 N–H and O–H groups in total. The lowest BCUT2D eigenvalue weighted by molar-refractivity contribution is -0.127. The Hall–Kier alpha value is -2.24. The van der Waals surface area contributed by atoms with E-state index in [4.69, 9.17) is 0 Å². The molecule has 6 heteroatoms. The lowest BCUT2D eigenvalue weighted by atomic mass is 10.2. The van der Waals surface area contributed by atoms with Gasteiger partial charge in [0.05, 0.1) is 0 Å². The van der Waals surface area contributed by atoms with E-state index in [9.17, 15) is 4.79 Å². The SMILES string of the molecule is CN(C)C(=O)CN=C(NC1CCCC1)NC1CCN(c2ccccc2)C1. The predicted octanol–water partition coefficient (Wildman–Crippen LogP) is 1.83. The maximum atomic E-state index is 11.9. The molecule has 2 fully saturated rings. The molecule has 0 aromatic heterocycles. The third-order valence-electron chi connectivity index (χ3n) is 5.22. The van der Waals surface area contributed by atoms with Gasteiger partial charge in [-0.1, -0.05) is 31.0 Å². The van der Waals surface area contributed by atoms with Gasteiger partial charge in [-0.05, 0) is 31.4 Å². The van der Waals surface area contributed by atoms with Crippen molar-refractivity contribution in [2.45, 2.75) is 44.2 Å². The number of nitrogens with zero attached hydrogens (tertiary/aromatic N) is 3. The molecule has 6 nitrogen and oxygen atoms in total. The number of carbonyl (C=O) groups is 1. The highest BCUT2D eigenvalue weighted by Gasteiger charge is 2.25. The van der Waals surface area contributed by atoms with Crippen LogP contribution in [0.3, 0.4) is 0 Å². The average Bonchev–Trinajstić information content (AvgIpc) is 3.32. The second-order valence-corrected chi connectivity index (χ2v) is 7.49. The highest BCUT2D eigenvalue weighted by atomic mass is 16.2. The fourth-order valence-electron chi connectivity index (χ4n) is 3.63. The maximum absolute atomic E-state index is 11.9. The Morgan fingerprint density at radius 3 is 2.50 bits per heavy atom. The Labute approximate surface area is 156 Å². The summed E-state index contributed by atoms with van der Waals surface area (Å²) in [6.07, 6.45) is 5.98. The van der Waals surface area contributed by atoms with Crippen LogP contribution in [-0.4, -0.2) is 62.6 Å².